The van der Waals surface area contributed by atoms with Gasteiger partial charge in [-0.15, -0.1) is 0 Å². The summed E-state index contributed by atoms with van der Waals surface area (Å²) in [6.45, 7) is 5.11. The van der Waals surface area contributed by atoms with Gasteiger partial charge in [0.1, 0.15) is 12.1 Å². The van der Waals surface area contributed by atoms with E-state index in [0.29, 0.717) is 11.8 Å². The van der Waals surface area contributed by atoms with Gasteiger partial charge in [0.05, 0.1) is 0 Å². The lowest BCUT2D eigenvalue weighted by atomic mass is 10.0. The Hall–Kier alpha value is -3.00. The number of nitrogens with zero attached hydrogens (tertiary/aromatic N) is 7. The molecule has 8 nitrogen and oxygen atoms in total. The minimum absolute atomic E-state index is 0.0389. The summed E-state index contributed by atoms with van der Waals surface area (Å²) in [6, 6.07) is 7.50. The number of pyridine rings is 1. The van der Waals surface area contributed by atoms with Crippen molar-refractivity contribution in [1.29, 1.82) is 0 Å². The molecule has 2 aliphatic heterocycles. The molecule has 2 fully saturated rings. The zero-order valence-electron chi connectivity index (χ0n) is 15.8. The topological polar surface area (TPSA) is 72.1 Å². The minimum atomic E-state index is 0.0389. The van der Waals surface area contributed by atoms with Crippen LogP contribution in [0.2, 0.25) is 0 Å². The van der Waals surface area contributed by atoms with E-state index in [2.05, 4.69) is 24.9 Å². The van der Waals surface area contributed by atoms with E-state index in [1.165, 1.54) is 5.56 Å². The fourth-order valence-corrected chi connectivity index (χ4v) is 4.45. The lowest BCUT2D eigenvalue weighted by molar-refractivity contribution is 0.308. The number of likely N-dealkylation sites (tertiary alicyclic amines) is 1. The van der Waals surface area contributed by atoms with Crippen molar-refractivity contribution in [2.45, 2.75) is 6.54 Å². The average molecular weight is 377 g/mol. The Balaban J connectivity index is 1.24. The monoisotopic (exact) mass is 377 g/mol. The molecule has 2 aliphatic rings. The van der Waals surface area contributed by atoms with Gasteiger partial charge < -0.3 is 9.47 Å². The molecule has 144 valence electrons. The molecule has 0 aromatic carbocycles. The highest BCUT2D eigenvalue weighted by atomic mass is 16.1. The molecule has 5 rings (SSSR count). The van der Waals surface area contributed by atoms with E-state index < -0.39 is 0 Å². The largest absolute Gasteiger partial charge is 0.356 e. The van der Waals surface area contributed by atoms with Gasteiger partial charge in [-0.1, -0.05) is 6.07 Å². The van der Waals surface area contributed by atoms with Crippen LogP contribution in [0, 0.1) is 11.8 Å². The van der Waals surface area contributed by atoms with Gasteiger partial charge in [0.25, 0.3) is 0 Å². The van der Waals surface area contributed by atoms with Gasteiger partial charge in [-0.05, 0) is 23.5 Å². The zero-order chi connectivity index (χ0) is 19.1. The third-order valence-electron chi connectivity index (χ3n) is 5.82. The van der Waals surface area contributed by atoms with E-state index in [9.17, 15) is 4.79 Å². The lowest BCUT2D eigenvalue weighted by Crippen LogP contribution is -2.29. The number of fused-ring (bicyclic) bond motifs is 1. The first-order valence-corrected chi connectivity index (χ1v) is 9.60. The lowest BCUT2D eigenvalue weighted by Gasteiger charge is -2.22. The molecular weight excluding hydrogens is 354 g/mol. The fraction of sp³-hybridized carbons (Fsp3) is 0.400. The van der Waals surface area contributed by atoms with Gasteiger partial charge in [0, 0.05) is 70.5 Å². The Morgan fingerprint density at radius 2 is 1.86 bits per heavy atom. The van der Waals surface area contributed by atoms with Gasteiger partial charge in [0.2, 0.25) is 5.56 Å². The van der Waals surface area contributed by atoms with Crippen molar-refractivity contribution in [2.75, 3.05) is 31.1 Å². The molecule has 0 amide bonds. The number of aryl methyl sites for hydroxylation is 1. The van der Waals surface area contributed by atoms with Crippen molar-refractivity contribution >= 4 is 5.82 Å². The number of hydrogen-bond acceptors (Lipinski definition) is 6. The summed E-state index contributed by atoms with van der Waals surface area (Å²) in [7, 11) is 1.81. The molecule has 0 aliphatic carbocycles. The van der Waals surface area contributed by atoms with Crippen LogP contribution in [0.15, 0.2) is 54.0 Å². The van der Waals surface area contributed by atoms with Crippen LogP contribution in [0.5, 0.6) is 0 Å². The van der Waals surface area contributed by atoms with E-state index in [1.54, 1.807) is 27.8 Å². The first kappa shape index (κ1) is 17.1. The second-order valence-electron chi connectivity index (χ2n) is 7.79. The average Bonchev–Trinajstić information content (AvgIpc) is 3.41. The maximum absolute atomic E-state index is 11.6. The number of aromatic nitrogens is 5. The molecule has 0 bridgehead atoms. The number of anilines is 1. The Labute approximate surface area is 163 Å². The SMILES string of the molecule is Cn1cc(CN2CC3CN(c4cc(-n5cccn5)ncn4)CC3C2)ccc1=O. The van der Waals surface area contributed by atoms with Crippen LogP contribution in [0.1, 0.15) is 5.56 Å². The van der Waals surface area contributed by atoms with Gasteiger partial charge in [0.15, 0.2) is 5.82 Å². The molecule has 3 aromatic rings. The van der Waals surface area contributed by atoms with E-state index in [-0.39, 0.29) is 5.56 Å². The first-order chi connectivity index (χ1) is 13.7. The Bertz CT molecular complexity index is 1020. The maximum Gasteiger partial charge on any atom is 0.250 e. The van der Waals surface area contributed by atoms with Crippen LogP contribution in [-0.2, 0) is 13.6 Å². The summed E-state index contributed by atoms with van der Waals surface area (Å²) in [5.74, 6) is 3.06. The number of rotatable bonds is 4. The molecule has 8 heteroatoms. The molecule has 0 spiro atoms. The molecule has 3 aromatic heterocycles. The number of hydrogen-bond donors (Lipinski definition) is 0. The van der Waals surface area contributed by atoms with Crippen LogP contribution in [0.25, 0.3) is 5.82 Å². The van der Waals surface area contributed by atoms with Gasteiger partial charge in [-0.3, -0.25) is 9.69 Å². The van der Waals surface area contributed by atoms with Crippen LogP contribution >= 0.6 is 0 Å². The van der Waals surface area contributed by atoms with E-state index in [1.807, 2.05) is 37.6 Å². The zero-order valence-corrected chi connectivity index (χ0v) is 15.8. The molecule has 2 unspecified atom stereocenters. The first-order valence-electron chi connectivity index (χ1n) is 9.60. The van der Waals surface area contributed by atoms with Gasteiger partial charge >= 0.3 is 0 Å². The maximum atomic E-state index is 11.6. The smallest absolute Gasteiger partial charge is 0.250 e. The normalized spacial score (nSPS) is 22.0. The summed E-state index contributed by atoms with van der Waals surface area (Å²) < 4.78 is 3.41. The predicted molar refractivity (Wildman–Crippen MR) is 105 cm³/mol. The van der Waals surface area contributed by atoms with Gasteiger partial charge in [-0.25, -0.2) is 14.6 Å². The Kier molecular flexibility index (Phi) is 4.20. The molecule has 2 saturated heterocycles. The van der Waals surface area contributed by atoms with Crippen molar-refractivity contribution in [3.63, 3.8) is 0 Å². The minimum Gasteiger partial charge on any atom is -0.356 e. The molecular formula is C20H23N7O. The summed E-state index contributed by atoms with van der Waals surface area (Å²) in [6.07, 6.45) is 7.20. The molecule has 28 heavy (non-hydrogen) atoms. The summed E-state index contributed by atoms with van der Waals surface area (Å²) >= 11 is 0. The summed E-state index contributed by atoms with van der Waals surface area (Å²) in [5, 5.41) is 4.25. The molecule has 0 saturated carbocycles. The highest BCUT2D eigenvalue weighted by Crippen LogP contribution is 2.34. The van der Waals surface area contributed by atoms with Crippen LogP contribution < -0.4 is 10.5 Å². The van der Waals surface area contributed by atoms with Crippen molar-refractivity contribution in [1.82, 2.24) is 29.2 Å². The van der Waals surface area contributed by atoms with Crippen LogP contribution in [0.4, 0.5) is 5.82 Å². The molecule has 0 N–H and O–H groups in total. The Morgan fingerprint density at radius 1 is 1.07 bits per heavy atom. The third kappa shape index (κ3) is 3.20. The van der Waals surface area contributed by atoms with Crippen LogP contribution in [0.3, 0.4) is 0 Å². The molecule has 2 atom stereocenters. The van der Waals surface area contributed by atoms with Crippen molar-refractivity contribution in [2.24, 2.45) is 18.9 Å². The highest BCUT2D eigenvalue weighted by molar-refractivity contribution is 5.44. The van der Waals surface area contributed by atoms with E-state index in [4.69, 9.17) is 0 Å². The third-order valence-corrected chi connectivity index (χ3v) is 5.82. The quantitative estimate of drug-likeness (QED) is 0.674. The van der Waals surface area contributed by atoms with Crippen molar-refractivity contribution in [3.8, 4) is 5.82 Å². The van der Waals surface area contributed by atoms with Crippen LogP contribution in [-0.4, -0.2) is 55.4 Å². The second kappa shape index (κ2) is 6.87. The highest BCUT2D eigenvalue weighted by Gasteiger charge is 2.40. The standard InChI is InChI=1S/C20H23N7O/c1-24-8-15(3-4-20(24)28)9-25-10-16-12-26(13-17(16)11-25)18-7-19(22-14-21-18)27-6-2-5-23-27/h2-8,14,16-17H,9-13H2,1H3. The van der Waals surface area contributed by atoms with E-state index in [0.717, 1.165) is 44.4 Å². The van der Waals surface area contributed by atoms with Gasteiger partial charge in [-0.2, -0.15) is 5.10 Å². The summed E-state index contributed by atoms with van der Waals surface area (Å²) in [4.78, 5) is 25.3. The predicted octanol–water partition coefficient (Wildman–Crippen LogP) is 0.929. The second-order valence-corrected chi connectivity index (χ2v) is 7.79. The molecule has 0 radical (unpaired) electrons. The molecule has 5 heterocycles. The van der Waals surface area contributed by atoms with Crippen molar-refractivity contribution in [3.05, 3.63) is 65.1 Å². The van der Waals surface area contributed by atoms with E-state index >= 15 is 0 Å². The van der Waals surface area contributed by atoms with Crippen molar-refractivity contribution < 1.29 is 0 Å². The summed E-state index contributed by atoms with van der Waals surface area (Å²) in [5.41, 5.74) is 1.23. The fourth-order valence-electron chi connectivity index (χ4n) is 4.45. The Morgan fingerprint density at radius 3 is 2.57 bits per heavy atom.